The summed E-state index contributed by atoms with van der Waals surface area (Å²) in [6.07, 6.45) is 8.56. The third kappa shape index (κ3) is 3.33. The number of benzene rings is 1. The van der Waals surface area contributed by atoms with E-state index in [1.54, 1.807) is 0 Å². The summed E-state index contributed by atoms with van der Waals surface area (Å²) in [5.41, 5.74) is 1.07. The Hall–Kier alpha value is -1.07. The molecule has 0 atom stereocenters. The topological polar surface area (TPSA) is 41.1 Å². The Morgan fingerprint density at radius 2 is 1.71 bits per heavy atom. The van der Waals surface area contributed by atoms with Crippen LogP contribution in [0.15, 0.2) is 29.2 Å². The SMILES string of the molecule is O=C(CC12CC3CC(CC(C3)C1)C2)NC(=S)Nc1ccccc1S. The van der Waals surface area contributed by atoms with E-state index in [-0.39, 0.29) is 11.3 Å². The molecule has 4 bridgehead atoms. The lowest BCUT2D eigenvalue weighted by Gasteiger charge is -2.56. The van der Waals surface area contributed by atoms with Gasteiger partial charge in [0.15, 0.2) is 5.11 Å². The molecule has 3 nitrogen and oxygen atoms in total. The van der Waals surface area contributed by atoms with Gasteiger partial charge in [0.05, 0.1) is 5.69 Å². The number of carbonyl (C=O) groups is 1. The molecule has 4 aliphatic rings. The molecular weight excluding hydrogens is 336 g/mol. The number of thiocarbonyl (C=S) groups is 1. The largest absolute Gasteiger partial charge is 0.331 e. The Labute approximate surface area is 154 Å². The lowest BCUT2D eigenvalue weighted by Crippen LogP contribution is -2.48. The van der Waals surface area contributed by atoms with Crippen LogP contribution in [0.1, 0.15) is 44.9 Å². The van der Waals surface area contributed by atoms with Crippen LogP contribution in [0, 0.1) is 23.2 Å². The molecule has 0 spiro atoms. The van der Waals surface area contributed by atoms with Crippen LogP contribution in [0.4, 0.5) is 5.69 Å². The third-order valence-corrected chi connectivity index (χ3v) is 6.70. The van der Waals surface area contributed by atoms with Gasteiger partial charge in [0.1, 0.15) is 0 Å². The van der Waals surface area contributed by atoms with Gasteiger partial charge in [0, 0.05) is 11.3 Å². The Morgan fingerprint density at radius 3 is 2.29 bits per heavy atom. The van der Waals surface area contributed by atoms with E-state index in [0.29, 0.717) is 11.5 Å². The second-order valence-electron chi connectivity index (χ2n) is 8.11. The van der Waals surface area contributed by atoms with Crippen molar-refractivity contribution in [3.63, 3.8) is 0 Å². The lowest BCUT2D eigenvalue weighted by atomic mass is 9.49. The van der Waals surface area contributed by atoms with Crippen molar-refractivity contribution in [2.45, 2.75) is 49.8 Å². The number of hydrogen-bond acceptors (Lipinski definition) is 3. The number of nitrogens with one attached hydrogen (secondary N) is 2. The van der Waals surface area contributed by atoms with Crippen molar-refractivity contribution >= 4 is 41.6 Å². The number of amides is 1. The molecule has 0 radical (unpaired) electrons. The zero-order valence-corrected chi connectivity index (χ0v) is 15.5. The highest BCUT2D eigenvalue weighted by Crippen LogP contribution is 2.61. The van der Waals surface area contributed by atoms with Crippen molar-refractivity contribution in [3.8, 4) is 0 Å². The summed E-state index contributed by atoms with van der Waals surface area (Å²) in [4.78, 5) is 13.4. The maximum Gasteiger partial charge on any atom is 0.226 e. The van der Waals surface area contributed by atoms with Gasteiger partial charge in [-0.3, -0.25) is 4.79 Å². The van der Waals surface area contributed by atoms with Crippen LogP contribution < -0.4 is 10.6 Å². The molecule has 4 saturated carbocycles. The second kappa shape index (κ2) is 6.34. The fraction of sp³-hybridized carbons (Fsp3) is 0.579. The quantitative estimate of drug-likeness (QED) is 0.553. The van der Waals surface area contributed by atoms with E-state index in [9.17, 15) is 4.79 Å². The average molecular weight is 361 g/mol. The van der Waals surface area contributed by atoms with E-state index in [4.69, 9.17) is 12.2 Å². The van der Waals surface area contributed by atoms with Crippen LogP contribution in [0.5, 0.6) is 0 Å². The second-order valence-corrected chi connectivity index (χ2v) is 9.00. The fourth-order valence-electron chi connectivity index (χ4n) is 5.75. The number of anilines is 1. The van der Waals surface area contributed by atoms with E-state index in [2.05, 4.69) is 23.3 Å². The normalized spacial score (nSPS) is 33.3. The molecule has 2 N–H and O–H groups in total. The first kappa shape index (κ1) is 16.4. The van der Waals surface area contributed by atoms with E-state index >= 15 is 0 Å². The van der Waals surface area contributed by atoms with Gasteiger partial charge in [-0.15, -0.1) is 12.6 Å². The number of rotatable bonds is 3. The Balaban J connectivity index is 1.35. The van der Waals surface area contributed by atoms with Crippen molar-refractivity contribution in [3.05, 3.63) is 24.3 Å². The van der Waals surface area contributed by atoms with Crippen molar-refractivity contribution in [1.82, 2.24) is 5.32 Å². The van der Waals surface area contributed by atoms with Gasteiger partial charge in [0.25, 0.3) is 0 Å². The van der Waals surface area contributed by atoms with Crippen molar-refractivity contribution in [1.29, 1.82) is 0 Å². The summed E-state index contributed by atoms with van der Waals surface area (Å²) in [5.74, 6) is 2.66. The van der Waals surface area contributed by atoms with Crippen molar-refractivity contribution < 1.29 is 4.79 Å². The summed E-state index contributed by atoms with van der Waals surface area (Å²) >= 11 is 9.70. The molecule has 0 aliphatic heterocycles. The highest BCUT2D eigenvalue weighted by molar-refractivity contribution is 7.81. The molecule has 0 saturated heterocycles. The Kier molecular flexibility index (Phi) is 4.33. The van der Waals surface area contributed by atoms with Crippen LogP contribution in [0.2, 0.25) is 0 Å². The summed E-state index contributed by atoms with van der Waals surface area (Å²) in [5, 5.41) is 6.32. The van der Waals surface area contributed by atoms with Crippen LogP contribution in [0.3, 0.4) is 0 Å². The van der Waals surface area contributed by atoms with Crippen LogP contribution in [0.25, 0.3) is 0 Å². The Morgan fingerprint density at radius 1 is 1.12 bits per heavy atom. The Bertz CT molecular complexity index is 638. The maximum absolute atomic E-state index is 12.6. The third-order valence-electron chi connectivity index (χ3n) is 6.11. The van der Waals surface area contributed by atoms with Gasteiger partial charge < -0.3 is 10.6 Å². The van der Waals surface area contributed by atoms with Crippen molar-refractivity contribution in [2.24, 2.45) is 23.2 Å². The first-order chi connectivity index (χ1) is 11.5. The van der Waals surface area contributed by atoms with Gasteiger partial charge in [-0.2, -0.15) is 0 Å². The van der Waals surface area contributed by atoms with E-state index < -0.39 is 0 Å². The van der Waals surface area contributed by atoms with Crippen molar-refractivity contribution in [2.75, 3.05) is 5.32 Å². The standard InChI is InChI=1S/C19H24N2OS2/c22-17(21-18(24)20-15-3-1-2-4-16(15)23)11-19-8-12-5-13(9-19)7-14(6-12)10-19/h1-4,12-14,23H,5-11H2,(H2,20,21,22,24). The van der Waals surface area contributed by atoms with Crippen LogP contribution >= 0.6 is 24.8 Å². The molecule has 128 valence electrons. The highest BCUT2D eigenvalue weighted by Gasteiger charge is 2.51. The number of carbonyl (C=O) groups excluding carboxylic acids is 1. The molecule has 24 heavy (non-hydrogen) atoms. The molecule has 1 aromatic carbocycles. The van der Waals surface area contributed by atoms with Gasteiger partial charge >= 0.3 is 0 Å². The predicted molar refractivity (Wildman–Crippen MR) is 103 cm³/mol. The maximum atomic E-state index is 12.6. The monoisotopic (exact) mass is 360 g/mol. The molecule has 1 aromatic rings. The zero-order chi connectivity index (χ0) is 16.7. The fourth-order valence-corrected chi connectivity index (χ4v) is 6.19. The lowest BCUT2D eigenvalue weighted by molar-refractivity contribution is -0.127. The highest BCUT2D eigenvalue weighted by atomic mass is 32.1. The molecule has 0 unspecified atom stereocenters. The summed E-state index contributed by atoms with van der Waals surface area (Å²) in [7, 11) is 0. The number of para-hydroxylation sites is 1. The molecule has 4 aliphatic carbocycles. The molecule has 0 aromatic heterocycles. The van der Waals surface area contributed by atoms with Gasteiger partial charge in [0.2, 0.25) is 5.91 Å². The first-order valence-corrected chi connectivity index (χ1v) is 9.76. The molecule has 5 heteroatoms. The number of thiol groups is 1. The zero-order valence-electron chi connectivity index (χ0n) is 13.8. The van der Waals surface area contributed by atoms with Gasteiger partial charge in [-0.05, 0) is 86.0 Å². The summed E-state index contributed by atoms with van der Waals surface area (Å²) < 4.78 is 0. The smallest absolute Gasteiger partial charge is 0.226 e. The minimum absolute atomic E-state index is 0.0612. The van der Waals surface area contributed by atoms with E-state index in [0.717, 1.165) is 28.3 Å². The number of hydrogen-bond donors (Lipinski definition) is 3. The van der Waals surface area contributed by atoms with E-state index in [1.807, 2.05) is 24.3 Å². The first-order valence-electron chi connectivity index (χ1n) is 8.90. The minimum atomic E-state index is 0.0612. The predicted octanol–water partition coefficient (Wildman–Crippen LogP) is 4.39. The van der Waals surface area contributed by atoms with Crippen LogP contribution in [-0.4, -0.2) is 11.0 Å². The van der Waals surface area contributed by atoms with Gasteiger partial charge in [-0.25, -0.2) is 0 Å². The van der Waals surface area contributed by atoms with E-state index in [1.165, 1.54) is 38.5 Å². The molecule has 0 heterocycles. The van der Waals surface area contributed by atoms with Crippen LogP contribution in [-0.2, 0) is 4.79 Å². The summed E-state index contributed by atoms with van der Waals surface area (Å²) in [6.45, 7) is 0. The van der Waals surface area contributed by atoms with Gasteiger partial charge in [-0.1, -0.05) is 12.1 Å². The molecule has 5 rings (SSSR count). The minimum Gasteiger partial charge on any atom is -0.331 e. The average Bonchev–Trinajstić information content (AvgIpc) is 2.47. The molecule has 1 amide bonds. The summed E-state index contributed by atoms with van der Waals surface area (Å²) in [6, 6.07) is 7.63. The molecular formula is C19H24N2OS2. The molecule has 4 fully saturated rings.